The van der Waals surface area contributed by atoms with Crippen molar-refractivity contribution in [3.63, 3.8) is 0 Å². The number of primary amides is 1. The average Bonchev–Trinajstić information content (AvgIpc) is 3.04. The zero-order chi connectivity index (χ0) is 16.9. The van der Waals surface area contributed by atoms with Gasteiger partial charge in [-0.15, -0.1) is 0 Å². The number of halogens is 1. The van der Waals surface area contributed by atoms with Crippen LogP contribution in [-0.4, -0.2) is 21.1 Å². The van der Waals surface area contributed by atoms with Gasteiger partial charge in [-0.25, -0.2) is 9.37 Å². The molecule has 6 heteroatoms. The Labute approximate surface area is 138 Å². The Kier molecular flexibility index (Phi) is 4.65. The molecule has 0 radical (unpaired) electrons. The fraction of sp³-hybridized carbons (Fsp3) is 0.167. The van der Waals surface area contributed by atoms with Crippen molar-refractivity contribution in [2.75, 3.05) is 0 Å². The largest absolute Gasteiger partial charge is 0.366 e. The van der Waals surface area contributed by atoms with E-state index in [1.807, 2.05) is 12.1 Å². The number of carbonyl (C=O) groups is 1. The fourth-order valence-corrected chi connectivity index (χ4v) is 2.60. The lowest BCUT2D eigenvalue weighted by Gasteiger charge is -2.05. The van der Waals surface area contributed by atoms with Crippen LogP contribution in [0, 0.1) is 5.82 Å². The van der Waals surface area contributed by atoms with Crippen molar-refractivity contribution < 1.29 is 9.18 Å². The number of hydrogen-bond donors (Lipinski definition) is 2. The number of nitrogens with two attached hydrogens (primary N) is 1. The number of benzene rings is 2. The second kappa shape index (κ2) is 7.04. The third-order valence-corrected chi connectivity index (χ3v) is 3.79. The minimum atomic E-state index is -0.424. The van der Waals surface area contributed by atoms with Crippen molar-refractivity contribution in [3.05, 3.63) is 71.3 Å². The predicted molar refractivity (Wildman–Crippen MR) is 88.8 cm³/mol. The molecule has 0 fully saturated rings. The van der Waals surface area contributed by atoms with Crippen LogP contribution in [0.3, 0.4) is 0 Å². The van der Waals surface area contributed by atoms with E-state index in [4.69, 9.17) is 5.73 Å². The van der Waals surface area contributed by atoms with Crippen molar-refractivity contribution in [3.8, 4) is 11.4 Å². The van der Waals surface area contributed by atoms with Gasteiger partial charge in [-0.1, -0.05) is 30.3 Å². The van der Waals surface area contributed by atoms with E-state index in [1.165, 1.54) is 6.07 Å². The van der Waals surface area contributed by atoms with E-state index in [0.29, 0.717) is 35.6 Å². The van der Waals surface area contributed by atoms with Gasteiger partial charge in [0.1, 0.15) is 11.6 Å². The summed E-state index contributed by atoms with van der Waals surface area (Å²) >= 11 is 0. The summed E-state index contributed by atoms with van der Waals surface area (Å²) in [5.41, 5.74) is 7.21. The van der Waals surface area contributed by atoms with Gasteiger partial charge in [0.15, 0.2) is 5.82 Å². The SMILES string of the molecule is NC(=O)c1ccccc1CCCc1nc(-c2ccccc2F)n[nH]1. The third kappa shape index (κ3) is 3.48. The highest BCUT2D eigenvalue weighted by Gasteiger charge is 2.11. The van der Waals surface area contributed by atoms with Crippen LogP contribution in [0.25, 0.3) is 11.4 Å². The Balaban J connectivity index is 1.65. The standard InChI is InChI=1S/C18H17FN4O/c19-15-10-4-3-9-14(15)18-21-16(22-23-18)11-5-7-12-6-1-2-8-13(12)17(20)24/h1-4,6,8-10H,5,7,11H2,(H2,20,24)(H,21,22,23). The highest BCUT2D eigenvalue weighted by atomic mass is 19.1. The van der Waals surface area contributed by atoms with Crippen molar-refractivity contribution in [2.45, 2.75) is 19.3 Å². The first-order valence-electron chi connectivity index (χ1n) is 7.69. The number of amides is 1. The molecule has 24 heavy (non-hydrogen) atoms. The maximum absolute atomic E-state index is 13.7. The lowest BCUT2D eigenvalue weighted by Crippen LogP contribution is -2.13. The molecule has 0 unspecified atom stereocenters. The number of H-pyrrole nitrogens is 1. The van der Waals surface area contributed by atoms with Gasteiger partial charge >= 0.3 is 0 Å². The van der Waals surface area contributed by atoms with E-state index in [-0.39, 0.29) is 5.82 Å². The van der Waals surface area contributed by atoms with Crippen LogP contribution < -0.4 is 5.73 Å². The minimum Gasteiger partial charge on any atom is -0.366 e. The van der Waals surface area contributed by atoms with Gasteiger partial charge < -0.3 is 5.73 Å². The molecule has 1 heterocycles. The van der Waals surface area contributed by atoms with Gasteiger partial charge in [-0.2, -0.15) is 5.10 Å². The van der Waals surface area contributed by atoms with Crippen LogP contribution in [-0.2, 0) is 12.8 Å². The van der Waals surface area contributed by atoms with Gasteiger partial charge in [0.05, 0.1) is 5.56 Å². The lowest BCUT2D eigenvalue weighted by molar-refractivity contribution is 0.0999. The topological polar surface area (TPSA) is 84.7 Å². The molecule has 0 aliphatic carbocycles. The number of aryl methyl sites for hydroxylation is 2. The molecule has 1 amide bonds. The Morgan fingerprint density at radius 3 is 2.62 bits per heavy atom. The normalized spacial score (nSPS) is 10.7. The van der Waals surface area contributed by atoms with Crippen LogP contribution >= 0.6 is 0 Å². The van der Waals surface area contributed by atoms with E-state index in [1.54, 1.807) is 30.3 Å². The number of rotatable bonds is 6. The van der Waals surface area contributed by atoms with Gasteiger partial charge in [0.25, 0.3) is 0 Å². The number of nitrogens with one attached hydrogen (secondary N) is 1. The zero-order valence-corrected chi connectivity index (χ0v) is 13.0. The molecule has 2 aromatic carbocycles. The Morgan fingerprint density at radius 2 is 1.83 bits per heavy atom. The molecule has 0 spiro atoms. The first-order valence-corrected chi connectivity index (χ1v) is 7.69. The molecule has 0 saturated carbocycles. The highest BCUT2D eigenvalue weighted by molar-refractivity contribution is 5.94. The van der Waals surface area contributed by atoms with Crippen LogP contribution in [0.15, 0.2) is 48.5 Å². The summed E-state index contributed by atoms with van der Waals surface area (Å²) in [5, 5.41) is 6.90. The van der Waals surface area contributed by atoms with E-state index >= 15 is 0 Å². The predicted octanol–water partition coefficient (Wildman–Crippen LogP) is 2.89. The molecule has 3 aromatic rings. The first kappa shape index (κ1) is 15.9. The molecule has 0 atom stereocenters. The molecule has 122 valence electrons. The summed E-state index contributed by atoms with van der Waals surface area (Å²) in [4.78, 5) is 15.7. The number of nitrogens with zero attached hydrogens (tertiary/aromatic N) is 2. The Bertz CT molecular complexity index is 859. The quantitative estimate of drug-likeness (QED) is 0.731. The smallest absolute Gasteiger partial charge is 0.248 e. The molecule has 0 aliphatic heterocycles. The zero-order valence-electron chi connectivity index (χ0n) is 13.0. The Hall–Kier alpha value is -3.02. The maximum atomic E-state index is 13.7. The molecule has 0 saturated heterocycles. The molecule has 0 bridgehead atoms. The summed E-state index contributed by atoms with van der Waals surface area (Å²) < 4.78 is 13.7. The monoisotopic (exact) mass is 324 g/mol. The summed E-state index contributed by atoms with van der Waals surface area (Å²) in [7, 11) is 0. The van der Waals surface area contributed by atoms with Crippen molar-refractivity contribution in [2.24, 2.45) is 5.73 Å². The van der Waals surface area contributed by atoms with Gasteiger partial charge in [0.2, 0.25) is 5.91 Å². The van der Waals surface area contributed by atoms with Crippen LogP contribution in [0.4, 0.5) is 4.39 Å². The number of carbonyl (C=O) groups excluding carboxylic acids is 1. The lowest BCUT2D eigenvalue weighted by atomic mass is 10.0. The summed E-state index contributed by atoms with van der Waals surface area (Å²) in [6.07, 6.45) is 2.12. The van der Waals surface area contributed by atoms with Crippen LogP contribution in [0.2, 0.25) is 0 Å². The summed E-state index contributed by atoms with van der Waals surface area (Å²) in [5.74, 6) is 0.260. The molecule has 3 rings (SSSR count). The molecule has 5 nitrogen and oxygen atoms in total. The van der Waals surface area contributed by atoms with Crippen LogP contribution in [0.5, 0.6) is 0 Å². The van der Waals surface area contributed by atoms with Gasteiger partial charge in [-0.3, -0.25) is 9.89 Å². The summed E-state index contributed by atoms with van der Waals surface area (Å²) in [6.45, 7) is 0. The first-order chi connectivity index (χ1) is 11.6. The molecular weight excluding hydrogens is 307 g/mol. The maximum Gasteiger partial charge on any atom is 0.248 e. The van der Waals surface area contributed by atoms with Crippen molar-refractivity contribution in [1.82, 2.24) is 15.2 Å². The minimum absolute atomic E-state index is 0.348. The van der Waals surface area contributed by atoms with Gasteiger partial charge in [-0.05, 0) is 36.6 Å². The van der Waals surface area contributed by atoms with Gasteiger partial charge in [0, 0.05) is 12.0 Å². The number of aromatic nitrogens is 3. The Morgan fingerprint density at radius 1 is 1.08 bits per heavy atom. The summed E-state index contributed by atoms with van der Waals surface area (Å²) in [6, 6.07) is 13.7. The van der Waals surface area contributed by atoms with Crippen LogP contribution in [0.1, 0.15) is 28.2 Å². The van der Waals surface area contributed by atoms with E-state index in [0.717, 1.165) is 12.0 Å². The second-order valence-corrected chi connectivity index (χ2v) is 5.46. The van der Waals surface area contributed by atoms with Crippen molar-refractivity contribution >= 4 is 5.91 Å². The van der Waals surface area contributed by atoms with Crippen molar-refractivity contribution in [1.29, 1.82) is 0 Å². The average molecular weight is 324 g/mol. The van der Waals surface area contributed by atoms with E-state index in [2.05, 4.69) is 15.2 Å². The molecule has 1 aromatic heterocycles. The molecular formula is C18H17FN4O. The fourth-order valence-electron chi connectivity index (χ4n) is 2.60. The second-order valence-electron chi connectivity index (χ2n) is 5.46. The van der Waals surface area contributed by atoms with E-state index in [9.17, 15) is 9.18 Å². The molecule has 0 aliphatic rings. The third-order valence-electron chi connectivity index (χ3n) is 3.79. The number of aromatic amines is 1. The molecule has 3 N–H and O–H groups in total. The highest BCUT2D eigenvalue weighted by Crippen LogP contribution is 2.19. The number of hydrogen-bond acceptors (Lipinski definition) is 3. The van der Waals surface area contributed by atoms with E-state index < -0.39 is 5.91 Å².